The first kappa shape index (κ1) is 30.3. The molecule has 0 radical (unpaired) electrons. The Labute approximate surface area is 261 Å². The van der Waals surface area contributed by atoms with Crippen LogP contribution in [0.15, 0.2) is 67.6 Å². The van der Waals surface area contributed by atoms with Gasteiger partial charge in [0, 0.05) is 49.3 Å². The number of rotatable bonds is 8. The molecule has 13 heteroatoms. The number of carbonyl (C=O) groups excluding carboxylic acids is 2. The summed E-state index contributed by atoms with van der Waals surface area (Å²) < 4.78 is 23.8. The second-order valence-corrected chi connectivity index (χ2v) is 14.1. The van der Waals surface area contributed by atoms with Gasteiger partial charge in [-0.05, 0) is 61.7 Å². The van der Waals surface area contributed by atoms with E-state index in [4.69, 9.17) is 0 Å². The number of benzene rings is 1. The van der Waals surface area contributed by atoms with Gasteiger partial charge in [0.25, 0.3) is 5.91 Å². The van der Waals surface area contributed by atoms with Crippen LogP contribution in [0.3, 0.4) is 0 Å². The Balaban J connectivity index is 1.10. The Morgan fingerprint density at radius 2 is 1.84 bits per heavy atom. The van der Waals surface area contributed by atoms with E-state index < -0.39 is 15.4 Å². The van der Waals surface area contributed by atoms with Gasteiger partial charge in [-0.3, -0.25) is 14.6 Å². The van der Waals surface area contributed by atoms with Crippen molar-refractivity contribution >= 4 is 44.2 Å². The van der Waals surface area contributed by atoms with E-state index in [0.717, 1.165) is 46.7 Å². The minimum Gasteiger partial charge on any atom is -0.379 e. The molecule has 12 nitrogen and oxygen atoms in total. The van der Waals surface area contributed by atoms with Crippen LogP contribution in [0.2, 0.25) is 0 Å². The predicted octanol–water partition coefficient (Wildman–Crippen LogP) is 3.16. The number of hydrogen-bond acceptors (Lipinski definition) is 9. The number of aromatic amines is 1. The van der Waals surface area contributed by atoms with Crippen LogP contribution in [0.25, 0.3) is 22.3 Å². The monoisotopic (exact) mass is 628 g/mol. The van der Waals surface area contributed by atoms with E-state index in [1.165, 1.54) is 12.4 Å². The molecule has 4 aromatic rings. The second-order valence-electron chi connectivity index (χ2n) is 11.8. The number of pyridine rings is 1. The smallest absolute Gasteiger partial charge is 0.254 e. The summed E-state index contributed by atoms with van der Waals surface area (Å²) in [4.78, 5) is 45.7. The Morgan fingerprint density at radius 1 is 1.07 bits per heavy atom. The first-order valence-electron chi connectivity index (χ1n) is 14.9. The minimum absolute atomic E-state index is 0.0849. The topological polar surface area (TPSA) is 153 Å². The number of hydrogen-bond donors (Lipinski definition) is 3. The fraction of sp³-hybridized carbons (Fsp3) is 0.344. The maximum absolute atomic E-state index is 13.3. The predicted molar refractivity (Wildman–Crippen MR) is 174 cm³/mol. The average molecular weight is 629 g/mol. The van der Waals surface area contributed by atoms with Crippen molar-refractivity contribution in [2.75, 3.05) is 47.9 Å². The second kappa shape index (κ2) is 12.3. The maximum atomic E-state index is 13.3. The molecule has 0 aliphatic carbocycles. The lowest BCUT2D eigenvalue weighted by Crippen LogP contribution is -2.57. The van der Waals surface area contributed by atoms with Gasteiger partial charge in [-0.2, -0.15) is 0 Å². The molecule has 0 saturated carbocycles. The van der Waals surface area contributed by atoms with E-state index in [9.17, 15) is 18.0 Å². The lowest BCUT2D eigenvalue weighted by molar-refractivity contribution is -0.118. The number of piperidine rings is 1. The van der Waals surface area contributed by atoms with Crippen LogP contribution in [-0.4, -0.2) is 88.3 Å². The van der Waals surface area contributed by atoms with E-state index >= 15 is 0 Å². The molecule has 5 heterocycles. The van der Waals surface area contributed by atoms with Gasteiger partial charge in [0.15, 0.2) is 9.84 Å². The van der Waals surface area contributed by atoms with Crippen molar-refractivity contribution in [2.45, 2.75) is 31.8 Å². The molecule has 0 bridgehead atoms. The minimum atomic E-state index is -2.99. The van der Waals surface area contributed by atoms with Crippen molar-refractivity contribution in [1.29, 1.82) is 0 Å². The zero-order valence-electron chi connectivity index (χ0n) is 25.1. The number of H-pyrrole nitrogens is 1. The summed E-state index contributed by atoms with van der Waals surface area (Å²) in [6, 6.07) is 13.5. The van der Waals surface area contributed by atoms with Crippen LogP contribution in [-0.2, 0) is 21.2 Å². The SMILES string of the molecule is C=CC(=O)NC1(C)CCCN(C(=O)c2ccnc(CNc3ccc(-c4cc5c(N6CCS(=O)(=O)CC6)ncnc5[nH]4)cc3)c2)C1. The van der Waals surface area contributed by atoms with Crippen molar-refractivity contribution in [2.24, 2.45) is 0 Å². The Bertz CT molecular complexity index is 1840. The molecular formula is C32H36N8O4S. The molecule has 2 saturated heterocycles. The van der Waals surface area contributed by atoms with Crippen molar-refractivity contribution in [3.63, 3.8) is 0 Å². The molecule has 234 valence electrons. The molecule has 3 aromatic heterocycles. The van der Waals surface area contributed by atoms with Crippen LogP contribution in [0.5, 0.6) is 0 Å². The number of nitrogens with zero attached hydrogens (tertiary/aromatic N) is 5. The number of sulfone groups is 1. The lowest BCUT2D eigenvalue weighted by atomic mass is 9.90. The fourth-order valence-corrected chi connectivity index (χ4v) is 7.17. The van der Waals surface area contributed by atoms with Crippen molar-refractivity contribution in [3.05, 3.63) is 78.9 Å². The van der Waals surface area contributed by atoms with Gasteiger partial charge in [-0.25, -0.2) is 18.4 Å². The van der Waals surface area contributed by atoms with Crippen molar-refractivity contribution < 1.29 is 18.0 Å². The first-order chi connectivity index (χ1) is 21.6. The average Bonchev–Trinajstić information content (AvgIpc) is 3.48. The normalized spacial score (nSPS) is 19.7. The van der Waals surface area contributed by atoms with Gasteiger partial charge in [0.2, 0.25) is 5.91 Å². The molecule has 6 rings (SSSR count). The molecule has 1 atom stereocenters. The molecule has 3 N–H and O–H groups in total. The first-order valence-corrected chi connectivity index (χ1v) is 16.8. The number of amides is 2. The summed E-state index contributed by atoms with van der Waals surface area (Å²) in [5, 5.41) is 7.20. The van der Waals surface area contributed by atoms with Crippen LogP contribution < -0.4 is 15.5 Å². The largest absolute Gasteiger partial charge is 0.379 e. The molecule has 45 heavy (non-hydrogen) atoms. The van der Waals surface area contributed by atoms with Crippen molar-refractivity contribution in [1.82, 2.24) is 30.2 Å². The number of carbonyl (C=O) groups is 2. The van der Waals surface area contributed by atoms with Crippen LogP contribution in [0, 0.1) is 0 Å². The number of nitrogens with one attached hydrogen (secondary N) is 3. The summed E-state index contributed by atoms with van der Waals surface area (Å²) in [5.74, 6) is 0.650. The van der Waals surface area contributed by atoms with Crippen LogP contribution >= 0.6 is 0 Å². The summed E-state index contributed by atoms with van der Waals surface area (Å²) in [5.41, 5.74) is 4.24. The molecule has 1 aromatic carbocycles. The Morgan fingerprint density at radius 3 is 2.60 bits per heavy atom. The number of fused-ring (bicyclic) bond motifs is 1. The van der Waals surface area contributed by atoms with Crippen molar-refractivity contribution in [3.8, 4) is 11.3 Å². The quantitative estimate of drug-likeness (QED) is 0.250. The summed E-state index contributed by atoms with van der Waals surface area (Å²) >= 11 is 0. The fourth-order valence-electron chi connectivity index (χ4n) is 5.97. The van der Waals surface area contributed by atoms with Gasteiger partial charge >= 0.3 is 0 Å². The highest BCUT2D eigenvalue weighted by Gasteiger charge is 2.34. The summed E-state index contributed by atoms with van der Waals surface area (Å²) in [6.45, 7) is 7.80. The van der Waals surface area contributed by atoms with Gasteiger partial charge in [-0.15, -0.1) is 0 Å². The Hall–Kier alpha value is -4.78. The van der Waals surface area contributed by atoms with E-state index in [1.807, 2.05) is 42.2 Å². The highest BCUT2D eigenvalue weighted by atomic mass is 32.2. The van der Waals surface area contributed by atoms with Gasteiger partial charge in [0.1, 0.15) is 17.8 Å². The van der Waals surface area contributed by atoms with E-state index in [1.54, 1.807) is 23.2 Å². The van der Waals surface area contributed by atoms with E-state index in [-0.39, 0.29) is 23.3 Å². The molecule has 1 unspecified atom stereocenters. The maximum Gasteiger partial charge on any atom is 0.254 e. The molecule has 0 spiro atoms. The number of anilines is 2. The van der Waals surface area contributed by atoms with Gasteiger partial charge < -0.3 is 25.4 Å². The highest BCUT2D eigenvalue weighted by molar-refractivity contribution is 7.91. The molecule has 2 fully saturated rings. The molecule has 2 aliphatic rings. The zero-order valence-corrected chi connectivity index (χ0v) is 25.9. The van der Waals surface area contributed by atoms with Gasteiger partial charge in [0.05, 0.1) is 34.7 Å². The third kappa shape index (κ3) is 6.83. The molecule has 2 amide bonds. The number of aromatic nitrogens is 4. The van der Waals surface area contributed by atoms with Crippen LogP contribution in [0.1, 0.15) is 35.8 Å². The summed E-state index contributed by atoms with van der Waals surface area (Å²) in [7, 11) is -2.99. The highest BCUT2D eigenvalue weighted by Crippen LogP contribution is 2.30. The standard InChI is InChI=1S/C32H36N8O4S/c1-3-28(41)38-32(2)10-4-12-40(20-32)31(42)23-9-11-33-25(17-23)19-34-24-7-5-22(6-8-24)27-18-26-29(37-27)35-21-36-30(26)39-13-15-45(43,44)16-14-39/h3,5-9,11,17-18,21,34H,1,4,10,12-16,19-20H2,2H3,(H,38,41)(H,35,36,37). The van der Waals surface area contributed by atoms with E-state index in [2.05, 4.69) is 37.1 Å². The summed E-state index contributed by atoms with van der Waals surface area (Å²) in [6.07, 6.45) is 5.99. The van der Waals surface area contributed by atoms with Crippen LogP contribution in [0.4, 0.5) is 11.5 Å². The third-order valence-corrected chi connectivity index (χ3v) is 9.98. The number of likely N-dealkylation sites (tertiary alicyclic amines) is 1. The Kier molecular flexibility index (Phi) is 8.28. The zero-order chi connectivity index (χ0) is 31.6. The van der Waals surface area contributed by atoms with E-state index in [0.29, 0.717) is 43.9 Å². The molecule has 2 aliphatic heterocycles. The molecular weight excluding hydrogens is 592 g/mol. The third-order valence-electron chi connectivity index (χ3n) is 8.38. The lowest BCUT2D eigenvalue weighted by Gasteiger charge is -2.40. The van der Waals surface area contributed by atoms with Gasteiger partial charge in [-0.1, -0.05) is 18.7 Å².